The molecule has 15 heavy (non-hydrogen) atoms. The quantitative estimate of drug-likeness (QED) is 0.870. The van der Waals surface area contributed by atoms with Crippen LogP contribution in [0.3, 0.4) is 0 Å². The normalized spacial score (nSPS) is 10.5. The van der Waals surface area contributed by atoms with Gasteiger partial charge < -0.3 is 10.5 Å². The zero-order valence-electron chi connectivity index (χ0n) is 7.63. The van der Waals surface area contributed by atoms with Crippen LogP contribution in [0.25, 0.3) is 0 Å². The minimum absolute atomic E-state index is 0.0230. The van der Waals surface area contributed by atoms with E-state index < -0.39 is 23.6 Å². The topological polar surface area (TPSA) is 65.2 Å². The van der Waals surface area contributed by atoms with E-state index in [4.69, 9.17) is 22.1 Å². The maximum absolute atomic E-state index is 12.4. The van der Waals surface area contributed by atoms with Gasteiger partial charge in [-0.1, -0.05) is 11.6 Å². The van der Waals surface area contributed by atoms with Crippen LogP contribution in [0, 0.1) is 0 Å². The number of hydrogen-bond donors (Lipinski definition) is 1. The summed E-state index contributed by atoms with van der Waals surface area (Å²) in [6.45, 7) is 0. The molecule has 0 aliphatic carbocycles. The zero-order valence-corrected chi connectivity index (χ0v) is 8.39. The first-order valence-electron chi connectivity index (χ1n) is 3.79. The fourth-order valence-corrected chi connectivity index (χ4v) is 1.34. The molecule has 0 spiro atoms. The van der Waals surface area contributed by atoms with E-state index in [0.29, 0.717) is 0 Å². The van der Waals surface area contributed by atoms with Crippen molar-refractivity contribution in [1.82, 2.24) is 4.98 Å². The predicted molar refractivity (Wildman–Crippen MR) is 49.3 cm³/mol. The number of aromatic nitrogens is 1. The number of carbonyl (C=O) groups excluding carboxylic acids is 1. The van der Waals surface area contributed by atoms with Crippen molar-refractivity contribution in [3.8, 4) is 5.75 Å². The van der Waals surface area contributed by atoms with Gasteiger partial charge in [0.25, 0.3) is 12.3 Å². The van der Waals surface area contributed by atoms with Crippen molar-refractivity contribution < 1.29 is 18.3 Å². The largest absolute Gasteiger partial charge is 0.494 e. The second-order valence-corrected chi connectivity index (χ2v) is 2.94. The van der Waals surface area contributed by atoms with Crippen molar-refractivity contribution in [3.05, 3.63) is 22.5 Å². The van der Waals surface area contributed by atoms with Gasteiger partial charge in [0.2, 0.25) is 0 Å². The Hall–Kier alpha value is -1.43. The van der Waals surface area contributed by atoms with Gasteiger partial charge >= 0.3 is 0 Å². The highest BCUT2D eigenvalue weighted by atomic mass is 35.5. The fourth-order valence-electron chi connectivity index (χ4n) is 1.03. The Bertz CT molecular complexity index is 398. The number of hydrogen-bond acceptors (Lipinski definition) is 3. The van der Waals surface area contributed by atoms with E-state index >= 15 is 0 Å². The van der Waals surface area contributed by atoms with Crippen molar-refractivity contribution >= 4 is 17.5 Å². The van der Waals surface area contributed by atoms with E-state index in [1.165, 1.54) is 7.11 Å². The Morgan fingerprint density at radius 1 is 1.67 bits per heavy atom. The molecule has 0 bridgehead atoms. The number of pyridine rings is 1. The van der Waals surface area contributed by atoms with Crippen LogP contribution >= 0.6 is 11.6 Å². The third-order valence-electron chi connectivity index (χ3n) is 1.69. The molecule has 7 heteroatoms. The smallest absolute Gasteiger partial charge is 0.281 e. The lowest BCUT2D eigenvalue weighted by atomic mass is 10.2. The van der Waals surface area contributed by atoms with Crippen LogP contribution in [0.2, 0.25) is 5.02 Å². The van der Waals surface area contributed by atoms with Gasteiger partial charge in [-0.2, -0.15) is 0 Å². The molecule has 2 N–H and O–H groups in total. The molecule has 0 aromatic carbocycles. The van der Waals surface area contributed by atoms with Gasteiger partial charge in [0.1, 0.15) is 5.69 Å². The summed E-state index contributed by atoms with van der Waals surface area (Å²) in [6, 6.07) is 0. The lowest BCUT2D eigenvalue weighted by molar-refractivity contribution is 0.0982. The predicted octanol–water partition coefficient (Wildman–Crippen LogP) is 1.78. The maximum atomic E-state index is 12.4. The molecule has 0 aliphatic heterocycles. The molecular formula is C8H7ClF2N2O2. The van der Waals surface area contributed by atoms with E-state index in [1.54, 1.807) is 0 Å². The Balaban J connectivity index is 3.44. The van der Waals surface area contributed by atoms with Crippen LogP contribution in [0.1, 0.15) is 22.5 Å². The van der Waals surface area contributed by atoms with Crippen LogP contribution in [0.4, 0.5) is 8.78 Å². The summed E-state index contributed by atoms with van der Waals surface area (Å²) < 4.78 is 29.6. The first kappa shape index (κ1) is 11.6. The second kappa shape index (κ2) is 4.39. The molecule has 1 aromatic rings. The molecule has 82 valence electrons. The van der Waals surface area contributed by atoms with E-state index in [0.717, 1.165) is 6.20 Å². The Morgan fingerprint density at radius 3 is 2.67 bits per heavy atom. The Labute approximate surface area is 89.0 Å². The van der Waals surface area contributed by atoms with E-state index in [1.807, 2.05) is 0 Å². The molecular weight excluding hydrogens is 230 g/mol. The number of nitrogens with zero attached hydrogens (tertiary/aromatic N) is 1. The van der Waals surface area contributed by atoms with Crippen LogP contribution in [0.15, 0.2) is 6.20 Å². The Morgan fingerprint density at radius 2 is 2.27 bits per heavy atom. The summed E-state index contributed by atoms with van der Waals surface area (Å²) in [5.41, 5.74) is 3.67. The van der Waals surface area contributed by atoms with Crippen LogP contribution in [-0.2, 0) is 0 Å². The highest BCUT2D eigenvalue weighted by Gasteiger charge is 2.23. The van der Waals surface area contributed by atoms with Crippen molar-refractivity contribution in [3.63, 3.8) is 0 Å². The van der Waals surface area contributed by atoms with E-state index in [2.05, 4.69) is 4.98 Å². The minimum atomic E-state index is -2.92. The maximum Gasteiger partial charge on any atom is 0.281 e. The van der Waals surface area contributed by atoms with Crippen LogP contribution < -0.4 is 10.5 Å². The van der Waals surface area contributed by atoms with E-state index in [9.17, 15) is 13.6 Å². The average molecular weight is 237 g/mol. The average Bonchev–Trinajstić information content (AvgIpc) is 2.16. The number of methoxy groups -OCH3 is 1. The molecule has 0 aliphatic rings. The second-order valence-electron chi connectivity index (χ2n) is 2.57. The summed E-state index contributed by atoms with van der Waals surface area (Å²) >= 11 is 5.65. The molecule has 0 saturated heterocycles. The van der Waals surface area contributed by atoms with Gasteiger partial charge in [0, 0.05) is 0 Å². The van der Waals surface area contributed by atoms with Crippen LogP contribution in [0.5, 0.6) is 5.75 Å². The number of amides is 1. The first-order chi connectivity index (χ1) is 6.99. The van der Waals surface area contributed by atoms with Gasteiger partial charge in [-0.3, -0.25) is 9.78 Å². The standard InChI is InChI=1S/C8H7ClF2N2O2/c1-15-3-2-13-6(7(10)11)4(5(3)9)8(12)14/h2,7H,1H3,(H2,12,14). The van der Waals surface area contributed by atoms with E-state index in [-0.39, 0.29) is 10.8 Å². The van der Waals surface area contributed by atoms with Crippen molar-refractivity contribution in [2.24, 2.45) is 5.73 Å². The molecule has 0 unspecified atom stereocenters. The molecule has 1 amide bonds. The number of ether oxygens (including phenoxy) is 1. The van der Waals surface area contributed by atoms with Gasteiger partial charge in [-0.15, -0.1) is 0 Å². The summed E-state index contributed by atoms with van der Waals surface area (Å²) in [5.74, 6) is -1.04. The molecule has 1 aromatic heterocycles. The van der Waals surface area contributed by atoms with Gasteiger partial charge in [-0.05, 0) is 0 Å². The number of rotatable bonds is 3. The highest BCUT2D eigenvalue weighted by Crippen LogP contribution is 2.32. The highest BCUT2D eigenvalue weighted by molar-refractivity contribution is 6.35. The SMILES string of the molecule is COc1cnc(C(F)F)c(C(N)=O)c1Cl. The minimum Gasteiger partial charge on any atom is -0.494 e. The number of halogens is 3. The Kier molecular flexibility index (Phi) is 3.41. The van der Waals surface area contributed by atoms with Gasteiger partial charge in [-0.25, -0.2) is 8.78 Å². The molecule has 1 heterocycles. The molecule has 1 rings (SSSR count). The van der Waals surface area contributed by atoms with Crippen LogP contribution in [-0.4, -0.2) is 18.0 Å². The summed E-state index contributed by atoms with van der Waals surface area (Å²) in [5, 5.41) is -0.254. The number of primary amides is 1. The van der Waals surface area contributed by atoms with Crippen molar-refractivity contribution in [2.45, 2.75) is 6.43 Å². The monoisotopic (exact) mass is 236 g/mol. The molecule has 4 nitrogen and oxygen atoms in total. The molecule has 0 atom stereocenters. The summed E-state index contributed by atoms with van der Waals surface area (Å²) in [4.78, 5) is 14.3. The number of alkyl halides is 2. The number of nitrogens with two attached hydrogens (primary N) is 1. The zero-order chi connectivity index (χ0) is 11.6. The number of carbonyl (C=O) groups is 1. The summed E-state index contributed by atoms with van der Waals surface area (Å²) in [7, 11) is 1.27. The molecule has 0 radical (unpaired) electrons. The van der Waals surface area contributed by atoms with Gasteiger partial charge in [0.15, 0.2) is 5.75 Å². The van der Waals surface area contributed by atoms with Crippen molar-refractivity contribution in [2.75, 3.05) is 7.11 Å². The third-order valence-corrected chi connectivity index (χ3v) is 2.06. The third kappa shape index (κ3) is 2.15. The first-order valence-corrected chi connectivity index (χ1v) is 4.17. The fraction of sp³-hybridized carbons (Fsp3) is 0.250. The lowest BCUT2D eigenvalue weighted by Gasteiger charge is -2.09. The molecule has 0 fully saturated rings. The lowest BCUT2D eigenvalue weighted by Crippen LogP contribution is -2.16. The summed E-state index contributed by atoms with van der Waals surface area (Å²) in [6.07, 6.45) is -1.91. The van der Waals surface area contributed by atoms with Gasteiger partial charge in [0.05, 0.1) is 23.9 Å². The van der Waals surface area contributed by atoms with Crippen molar-refractivity contribution in [1.29, 1.82) is 0 Å². The molecule has 0 saturated carbocycles.